The van der Waals surface area contributed by atoms with E-state index >= 15 is 0 Å². The zero-order valence-electron chi connectivity index (χ0n) is 25.0. The zero-order chi connectivity index (χ0) is 30.4. The van der Waals surface area contributed by atoms with Crippen molar-refractivity contribution >= 4 is 91.7 Å². The quantitative estimate of drug-likeness (QED) is 0.181. The average Bonchev–Trinajstić information content (AvgIpc) is 3.87. The molecule has 4 heterocycles. The number of fused-ring (bicyclic) bond motifs is 17. The van der Waals surface area contributed by atoms with Crippen LogP contribution in [-0.2, 0) is 0 Å². The van der Waals surface area contributed by atoms with E-state index in [1.807, 2.05) is 11.3 Å². The molecule has 0 aliphatic heterocycles. The van der Waals surface area contributed by atoms with Gasteiger partial charge < -0.3 is 4.57 Å². The van der Waals surface area contributed by atoms with Crippen LogP contribution in [-0.4, -0.2) is 14.0 Å². The first-order valence-electron chi connectivity index (χ1n) is 16.1. The van der Waals surface area contributed by atoms with E-state index in [4.69, 9.17) is 4.98 Å². The fourth-order valence-corrected chi connectivity index (χ4v) is 9.74. The lowest BCUT2D eigenvalue weighted by atomic mass is 10.0. The van der Waals surface area contributed by atoms with Crippen LogP contribution in [0.3, 0.4) is 0 Å². The number of nitrogens with zero attached hydrogens (tertiary/aromatic N) is 3. The molecule has 3 nitrogen and oxygen atoms in total. The summed E-state index contributed by atoms with van der Waals surface area (Å²) in [6.45, 7) is 0. The SMILES string of the molecule is c1ccc2c(c1)-c1cccc3cc(-n4c5ccccc5c5ccc6c(nc7c8ccccc8c8sc9ccccc9c8n67)c54)cc-2c13. The second-order valence-corrected chi connectivity index (χ2v) is 13.8. The van der Waals surface area contributed by atoms with E-state index in [0.29, 0.717) is 0 Å². The Morgan fingerprint density at radius 1 is 0.489 bits per heavy atom. The maximum Gasteiger partial charge on any atom is 0.146 e. The van der Waals surface area contributed by atoms with Crippen molar-refractivity contribution in [3.8, 4) is 27.9 Å². The lowest BCUT2D eigenvalue weighted by Gasteiger charge is -2.12. The van der Waals surface area contributed by atoms with Crippen molar-refractivity contribution in [2.75, 3.05) is 0 Å². The van der Waals surface area contributed by atoms with Crippen molar-refractivity contribution in [2.45, 2.75) is 0 Å². The van der Waals surface area contributed by atoms with Crippen LogP contribution in [0.15, 0.2) is 140 Å². The number of benzene rings is 7. The summed E-state index contributed by atoms with van der Waals surface area (Å²) in [5.74, 6) is 0. The van der Waals surface area contributed by atoms with Gasteiger partial charge in [-0.1, -0.05) is 103 Å². The summed E-state index contributed by atoms with van der Waals surface area (Å²) >= 11 is 1.88. The number of para-hydroxylation sites is 1. The first kappa shape index (κ1) is 24.3. The zero-order valence-corrected chi connectivity index (χ0v) is 25.8. The Labute approximate surface area is 272 Å². The van der Waals surface area contributed by atoms with Gasteiger partial charge in [0.15, 0.2) is 0 Å². The Hall–Kier alpha value is -5.97. The maximum atomic E-state index is 5.59. The molecule has 4 aromatic heterocycles. The minimum Gasteiger partial charge on any atom is -0.307 e. The first-order chi connectivity index (χ1) is 23.3. The number of hydrogen-bond donors (Lipinski definition) is 0. The van der Waals surface area contributed by atoms with Crippen LogP contribution in [0.25, 0.3) is 108 Å². The molecule has 0 fully saturated rings. The van der Waals surface area contributed by atoms with Gasteiger partial charge in [-0.25, -0.2) is 4.98 Å². The fraction of sp³-hybridized carbons (Fsp3) is 0. The largest absolute Gasteiger partial charge is 0.307 e. The predicted molar refractivity (Wildman–Crippen MR) is 199 cm³/mol. The van der Waals surface area contributed by atoms with Crippen LogP contribution in [0.5, 0.6) is 0 Å². The molecule has 0 N–H and O–H groups in total. The second kappa shape index (κ2) is 8.43. The summed E-state index contributed by atoms with van der Waals surface area (Å²) < 4.78 is 7.50. The number of aromatic nitrogens is 3. The summed E-state index contributed by atoms with van der Waals surface area (Å²) in [4.78, 5) is 5.59. The van der Waals surface area contributed by atoms with E-state index in [1.165, 1.54) is 80.4 Å². The van der Waals surface area contributed by atoms with Crippen LogP contribution >= 0.6 is 11.3 Å². The Bertz CT molecular complexity index is 3190. The van der Waals surface area contributed by atoms with Crippen molar-refractivity contribution < 1.29 is 0 Å². The second-order valence-electron chi connectivity index (χ2n) is 12.7. The highest BCUT2D eigenvalue weighted by molar-refractivity contribution is 7.26. The summed E-state index contributed by atoms with van der Waals surface area (Å²) in [5, 5.41) is 8.78. The number of rotatable bonds is 1. The normalized spacial score (nSPS) is 12.7. The number of pyridine rings is 1. The monoisotopic (exact) mass is 613 g/mol. The van der Waals surface area contributed by atoms with E-state index in [2.05, 4.69) is 148 Å². The van der Waals surface area contributed by atoms with E-state index < -0.39 is 0 Å². The van der Waals surface area contributed by atoms with Crippen molar-refractivity contribution in [2.24, 2.45) is 0 Å². The van der Waals surface area contributed by atoms with Gasteiger partial charge in [0.25, 0.3) is 0 Å². The van der Waals surface area contributed by atoms with Crippen LogP contribution in [0.1, 0.15) is 0 Å². The molecule has 47 heavy (non-hydrogen) atoms. The molecule has 11 aromatic rings. The fourth-order valence-electron chi connectivity index (χ4n) is 8.51. The van der Waals surface area contributed by atoms with Crippen LogP contribution in [0, 0.1) is 0 Å². The molecular formula is C43H23N3S. The molecule has 12 rings (SSSR count). The molecule has 7 aromatic carbocycles. The third-order valence-electron chi connectivity index (χ3n) is 10.4. The molecule has 0 saturated heterocycles. The molecule has 216 valence electrons. The molecule has 1 aliphatic carbocycles. The molecule has 0 spiro atoms. The maximum absolute atomic E-state index is 5.59. The lowest BCUT2D eigenvalue weighted by molar-refractivity contribution is 1.19. The summed E-state index contributed by atoms with van der Waals surface area (Å²) in [5.41, 5.74) is 13.2. The minimum absolute atomic E-state index is 1.01. The molecule has 0 unspecified atom stereocenters. The van der Waals surface area contributed by atoms with Gasteiger partial charge in [-0.05, 0) is 69.4 Å². The topological polar surface area (TPSA) is 22.2 Å². The number of thiophene rings is 1. The molecule has 0 atom stereocenters. The summed E-state index contributed by atoms with van der Waals surface area (Å²) in [6.07, 6.45) is 0. The molecule has 4 heteroatoms. The Balaban J connectivity index is 1.30. The van der Waals surface area contributed by atoms with Gasteiger partial charge in [0.2, 0.25) is 0 Å². The third kappa shape index (κ3) is 2.91. The van der Waals surface area contributed by atoms with Gasteiger partial charge in [0.05, 0.1) is 26.8 Å². The van der Waals surface area contributed by atoms with E-state index in [-0.39, 0.29) is 0 Å². The molecule has 1 aliphatic rings. The highest BCUT2D eigenvalue weighted by atomic mass is 32.1. The van der Waals surface area contributed by atoms with Crippen LogP contribution in [0.2, 0.25) is 0 Å². The Morgan fingerprint density at radius 3 is 2.11 bits per heavy atom. The van der Waals surface area contributed by atoms with Crippen molar-refractivity contribution in [3.63, 3.8) is 0 Å². The van der Waals surface area contributed by atoms with Gasteiger partial charge in [0, 0.05) is 37.3 Å². The predicted octanol–water partition coefficient (Wildman–Crippen LogP) is 11.9. The van der Waals surface area contributed by atoms with Crippen LogP contribution in [0.4, 0.5) is 0 Å². The van der Waals surface area contributed by atoms with E-state index in [1.54, 1.807) is 0 Å². The first-order valence-corrected chi connectivity index (χ1v) is 16.9. The van der Waals surface area contributed by atoms with Gasteiger partial charge in [-0.2, -0.15) is 0 Å². The van der Waals surface area contributed by atoms with Gasteiger partial charge >= 0.3 is 0 Å². The minimum atomic E-state index is 1.01. The van der Waals surface area contributed by atoms with Gasteiger partial charge in [-0.15, -0.1) is 11.3 Å². The van der Waals surface area contributed by atoms with Gasteiger partial charge in [0.1, 0.15) is 11.2 Å². The summed E-state index contributed by atoms with van der Waals surface area (Å²) in [6, 6.07) is 51.3. The van der Waals surface area contributed by atoms with Crippen LogP contribution < -0.4 is 0 Å². The molecule has 0 bridgehead atoms. The third-order valence-corrected chi connectivity index (χ3v) is 11.6. The molecule has 0 radical (unpaired) electrons. The Morgan fingerprint density at radius 2 is 1.21 bits per heavy atom. The molecular weight excluding hydrogens is 591 g/mol. The average molecular weight is 614 g/mol. The number of hydrogen-bond acceptors (Lipinski definition) is 2. The van der Waals surface area contributed by atoms with E-state index in [0.717, 1.165) is 27.9 Å². The lowest BCUT2D eigenvalue weighted by Crippen LogP contribution is -1.95. The van der Waals surface area contributed by atoms with Crippen molar-refractivity contribution in [1.82, 2.24) is 14.0 Å². The van der Waals surface area contributed by atoms with Crippen molar-refractivity contribution in [3.05, 3.63) is 140 Å². The van der Waals surface area contributed by atoms with Crippen molar-refractivity contribution in [1.29, 1.82) is 0 Å². The number of imidazole rings is 1. The highest BCUT2D eigenvalue weighted by Gasteiger charge is 2.25. The molecule has 0 amide bonds. The molecule has 0 saturated carbocycles. The van der Waals surface area contributed by atoms with E-state index in [9.17, 15) is 0 Å². The summed E-state index contributed by atoms with van der Waals surface area (Å²) in [7, 11) is 0. The van der Waals surface area contributed by atoms with Gasteiger partial charge in [-0.3, -0.25) is 4.40 Å². The smallest absolute Gasteiger partial charge is 0.146 e. The Kier molecular flexibility index (Phi) is 4.36. The highest BCUT2D eigenvalue weighted by Crippen LogP contribution is 2.49. The standard InChI is InChI=1S/C43H23N3S/c1-2-12-27-26(11-1)29-17-9-10-24-22-25(23-34(27)38(24)29)45-35-18-7-5-13-28(35)30-20-21-36-39(40(30)45)44-43-32-15-4-3-14-31(32)42-41(46(36)43)33-16-6-8-19-37(33)47-42/h1-23H.